The largest absolute Gasteiger partial charge is 0.417 e. The maximum Gasteiger partial charge on any atom is 0.311 e. The van der Waals surface area contributed by atoms with Crippen molar-refractivity contribution in [2.24, 2.45) is 0 Å². The van der Waals surface area contributed by atoms with E-state index in [0.29, 0.717) is 61.4 Å². The molecule has 1 unspecified atom stereocenters. The molecule has 2 aromatic carbocycles. The number of likely N-dealkylation sites (tertiary alicyclic amines) is 2. The summed E-state index contributed by atoms with van der Waals surface area (Å²) in [7, 11) is 0. The first-order chi connectivity index (χ1) is 19.0. The lowest BCUT2D eigenvalue weighted by Crippen LogP contribution is -2.39. The van der Waals surface area contributed by atoms with E-state index in [-0.39, 0.29) is 23.6 Å². The van der Waals surface area contributed by atoms with Crippen LogP contribution in [-0.2, 0) is 0 Å². The van der Waals surface area contributed by atoms with Gasteiger partial charge in [0.2, 0.25) is 5.89 Å². The Bertz CT molecular complexity index is 1470. The molecular weight excluding hydrogens is 516 g/mol. The van der Waals surface area contributed by atoms with E-state index in [9.17, 15) is 9.59 Å². The third-order valence-electron chi connectivity index (χ3n) is 7.73. The van der Waals surface area contributed by atoms with Gasteiger partial charge in [-0.1, -0.05) is 41.9 Å². The Balaban J connectivity index is 1.26. The van der Waals surface area contributed by atoms with Gasteiger partial charge in [-0.25, -0.2) is 4.68 Å². The van der Waals surface area contributed by atoms with Gasteiger partial charge in [0.1, 0.15) is 0 Å². The molecule has 2 amide bonds. The fraction of sp³-hybridized carbons (Fsp3) is 0.345. The second kappa shape index (κ2) is 10.6. The molecule has 200 valence electrons. The number of hydrogen-bond acceptors (Lipinski definition) is 6. The zero-order valence-electron chi connectivity index (χ0n) is 21.7. The smallest absolute Gasteiger partial charge is 0.311 e. The van der Waals surface area contributed by atoms with Gasteiger partial charge in [-0.2, -0.15) is 5.10 Å². The molecule has 0 spiro atoms. The molecule has 10 heteroatoms. The van der Waals surface area contributed by atoms with Gasteiger partial charge in [0, 0.05) is 50.0 Å². The van der Waals surface area contributed by atoms with Gasteiger partial charge in [-0.15, -0.1) is 10.2 Å². The zero-order chi connectivity index (χ0) is 26.9. The monoisotopic (exact) mass is 544 g/mol. The summed E-state index contributed by atoms with van der Waals surface area (Å²) in [6.45, 7) is 4.09. The van der Waals surface area contributed by atoms with Crippen LogP contribution in [0, 0.1) is 6.92 Å². The Hall–Kier alpha value is -3.98. The molecule has 2 aromatic heterocycles. The van der Waals surface area contributed by atoms with Crippen LogP contribution in [0.25, 0.3) is 5.69 Å². The van der Waals surface area contributed by atoms with Crippen LogP contribution in [0.5, 0.6) is 0 Å². The van der Waals surface area contributed by atoms with Crippen LogP contribution in [0.2, 0.25) is 5.02 Å². The van der Waals surface area contributed by atoms with Crippen LogP contribution in [0.4, 0.5) is 0 Å². The van der Waals surface area contributed by atoms with Crippen molar-refractivity contribution in [2.75, 3.05) is 26.2 Å². The molecule has 0 saturated carbocycles. The summed E-state index contributed by atoms with van der Waals surface area (Å²) in [6, 6.07) is 17.8. The molecule has 9 nitrogen and oxygen atoms in total. The minimum absolute atomic E-state index is 0.00323. The fourth-order valence-electron chi connectivity index (χ4n) is 5.69. The van der Waals surface area contributed by atoms with Crippen LogP contribution in [-0.4, -0.2) is 67.8 Å². The summed E-state index contributed by atoms with van der Waals surface area (Å²) in [5.41, 5.74) is 3.61. The van der Waals surface area contributed by atoms with Crippen molar-refractivity contribution in [2.45, 2.75) is 38.0 Å². The van der Waals surface area contributed by atoms with E-state index >= 15 is 0 Å². The lowest BCUT2D eigenvalue weighted by Gasteiger charge is -2.32. The topological polar surface area (TPSA) is 97.4 Å². The van der Waals surface area contributed by atoms with Gasteiger partial charge in [-0.05, 0) is 49.1 Å². The first kappa shape index (κ1) is 25.3. The molecule has 2 fully saturated rings. The Kier molecular flexibility index (Phi) is 6.91. The second-order valence-corrected chi connectivity index (χ2v) is 10.6. The van der Waals surface area contributed by atoms with Gasteiger partial charge < -0.3 is 14.2 Å². The Morgan fingerprint density at radius 1 is 0.872 bits per heavy atom. The lowest BCUT2D eigenvalue weighted by molar-refractivity contribution is 0.0666. The first-order valence-corrected chi connectivity index (χ1v) is 13.6. The average Bonchev–Trinajstić information content (AvgIpc) is 3.73. The highest BCUT2D eigenvalue weighted by Crippen LogP contribution is 2.35. The van der Waals surface area contributed by atoms with Crippen LogP contribution >= 0.6 is 11.6 Å². The molecule has 2 saturated heterocycles. The minimum Gasteiger partial charge on any atom is -0.417 e. The summed E-state index contributed by atoms with van der Waals surface area (Å²) < 4.78 is 7.20. The number of rotatable bonds is 5. The van der Waals surface area contributed by atoms with Gasteiger partial charge in [0.05, 0.1) is 23.1 Å². The first-order valence-electron chi connectivity index (χ1n) is 13.3. The van der Waals surface area contributed by atoms with Gasteiger partial charge >= 0.3 is 11.8 Å². The molecule has 0 bridgehead atoms. The number of carbonyl (C=O) groups excluding carboxylic acids is 2. The number of aromatic nitrogens is 4. The summed E-state index contributed by atoms with van der Waals surface area (Å²) in [4.78, 5) is 30.4. The highest BCUT2D eigenvalue weighted by atomic mass is 35.5. The summed E-state index contributed by atoms with van der Waals surface area (Å²) >= 11 is 6.15. The molecule has 4 heterocycles. The van der Waals surface area contributed by atoms with Crippen LogP contribution in [0.3, 0.4) is 0 Å². The van der Waals surface area contributed by atoms with Gasteiger partial charge in [-0.3, -0.25) is 9.59 Å². The molecular formula is C29H29ClN6O3. The number of amides is 2. The summed E-state index contributed by atoms with van der Waals surface area (Å²) in [6.07, 6.45) is 4.00. The number of aryl methyl sites for hydroxylation is 1. The molecule has 2 aliphatic heterocycles. The van der Waals surface area contributed by atoms with E-state index in [0.717, 1.165) is 17.8 Å². The van der Waals surface area contributed by atoms with Crippen molar-refractivity contribution >= 4 is 23.4 Å². The number of piperidine rings is 1. The lowest BCUT2D eigenvalue weighted by atomic mass is 9.90. The van der Waals surface area contributed by atoms with Crippen molar-refractivity contribution in [1.29, 1.82) is 0 Å². The van der Waals surface area contributed by atoms with Crippen molar-refractivity contribution in [3.05, 3.63) is 94.4 Å². The van der Waals surface area contributed by atoms with E-state index < -0.39 is 0 Å². The molecule has 0 N–H and O–H groups in total. The van der Waals surface area contributed by atoms with E-state index in [2.05, 4.69) is 27.4 Å². The zero-order valence-corrected chi connectivity index (χ0v) is 22.4. The third kappa shape index (κ3) is 5.06. The normalized spacial score (nSPS) is 18.1. The van der Waals surface area contributed by atoms with Crippen molar-refractivity contribution in [1.82, 2.24) is 29.8 Å². The van der Waals surface area contributed by atoms with Crippen molar-refractivity contribution in [3.8, 4) is 5.69 Å². The summed E-state index contributed by atoms with van der Waals surface area (Å²) in [5.74, 6) is 0.481. The highest BCUT2D eigenvalue weighted by molar-refractivity contribution is 6.30. The number of halogens is 1. The van der Waals surface area contributed by atoms with Gasteiger partial charge in [0.15, 0.2) is 0 Å². The maximum atomic E-state index is 13.9. The molecule has 0 aliphatic carbocycles. The molecule has 1 atom stereocenters. The predicted molar refractivity (Wildman–Crippen MR) is 145 cm³/mol. The molecule has 2 aliphatic rings. The third-order valence-corrected chi connectivity index (χ3v) is 7.98. The van der Waals surface area contributed by atoms with Crippen LogP contribution in [0.1, 0.15) is 69.3 Å². The molecule has 6 rings (SSSR count). The molecule has 4 aromatic rings. The molecule has 39 heavy (non-hydrogen) atoms. The predicted octanol–water partition coefficient (Wildman–Crippen LogP) is 4.87. The average molecular weight is 545 g/mol. The quantitative estimate of drug-likeness (QED) is 0.356. The summed E-state index contributed by atoms with van der Waals surface area (Å²) in [5, 5.41) is 13.0. The van der Waals surface area contributed by atoms with Crippen LogP contribution in [0.15, 0.2) is 65.2 Å². The number of benzene rings is 2. The van der Waals surface area contributed by atoms with Gasteiger partial charge in [0.25, 0.3) is 5.91 Å². The fourth-order valence-corrected chi connectivity index (χ4v) is 5.82. The number of hydrogen-bond donors (Lipinski definition) is 0. The maximum absolute atomic E-state index is 13.9. The van der Waals surface area contributed by atoms with E-state index in [4.69, 9.17) is 16.0 Å². The standard InChI is InChI=1S/C29H29ClN6O3/c1-19-32-33-27(39-19)29(38)34-14-11-21(12-15-34)26-25(17-31-36(26)24-9-7-23(30)8-10-24)28(37)35-16-13-22(18-35)20-5-3-2-4-6-20/h2-10,17,21-22H,11-16,18H2,1H3. The SMILES string of the molecule is Cc1nnc(C(=O)N2CCC(c3c(C(=O)N4CCC(c5ccccc5)C4)cnn3-c3ccc(Cl)cc3)CC2)o1. The van der Waals surface area contributed by atoms with Crippen molar-refractivity contribution < 1.29 is 14.0 Å². The molecule has 0 radical (unpaired) electrons. The van der Waals surface area contributed by atoms with E-state index in [1.54, 1.807) is 18.0 Å². The number of nitrogens with zero attached hydrogens (tertiary/aromatic N) is 6. The Morgan fingerprint density at radius 2 is 1.56 bits per heavy atom. The van der Waals surface area contributed by atoms with E-state index in [1.165, 1.54) is 5.56 Å². The highest BCUT2D eigenvalue weighted by Gasteiger charge is 2.35. The Labute approximate surface area is 231 Å². The van der Waals surface area contributed by atoms with E-state index in [1.807, 2.05) is 52.0 Å². The second-order valence-electron chi connectivity index (χ2n) is 10.2. The number of carbonyl (C=O) groups is 2. The minimum atomic E-state index is -0.263. The van der Waals surface area contributed by atoms with Crippen LogP contribution < -0.4 is 0 Å². The Morgan fingerprint density at radius 3 is 2.26 bits per heavy atom. The van der Waals surface area contributed by atoms with Crippen molar-refractivity contribution in [3.63, 3.8) is 0 Å².